The highest BCUT2D eigenvalue weighted by Gasteiger charge is 2.13. The number of sulfone groups is 1. The molecule has 0 unspecified atom stereocenters. The number of rotatable bonds is 3. The Morgan fingerprint density at radius 2 is 1.69 bits per heavy atom. The summed E-state index contributed by atoms with van der Waals surface area (Å²) in [6.07, 6.45) is 1.48. The van der Waals surface area contributed by atoms with Crippen LogP contribution >= 0.6 is 11.6 Å². The molecular formula is C12H15ClO2S. The van der Waals surface area contributed by atoms with Crippen molar-refractivity contribution >= 4 is 21.4 Å². The van der Waals surface area contributed by atoms with Gasteiger partial charge >= 0.3 is 0 Å². The average Bonchev–Trinajstić information content (AvgIpc) is 2.15. The van der Waals surface area contributed by atoms with Crippen molar-refractivity contribution in [2.24, 2.45) is 0 Å². The molecule has 0 bridgehead atoms. The minimum Gasteiger partial charge on any atom is -0.219 e. The summed E-state index contributed by atoms with van der Waals surface area (Å²) in [7, 11) is -3.38. The molecular weight excluding hydrogens is 244 g/mol. The maximum atomic E-state index is 11.8. The molecule has 88 valence electrons. The maximum Gasteiger partial charge on any atom is 0.199 e. The summed E-state index contributed by atoms with van der Waals surface area (Å²) in [5.41, 5.74) is 1.03. The molecule has 2 nitrogen and oxygen atoms in total. The van der Waals surface area contributed by atoms with E-state index in [0.717, 1.165) is 11.0 Å². The molecule has 0 heterocycles. The van der Waals surface area contributed by atoms with E-state index in [1.54, 1.807) is 38.1 Å². The molecule has 0 aromatic heterocycles. The largest absolute Gasteiger partial charge is 0.219 e. The van der Waals surface area contributed by atoms with Crippen molar-refractivity contribution in [1.82, 2.24) is 0 Å². The van der Waals surface area contributed by atoms with Gasteiger partial charge in [-0.05, 0) is 32.9 Å². The quantitative estimate of drug-likeness (QED) is 0.780. The Kier molecular flexibility index (Phi) is 3.81. The minimum atomic E-state index is -3.38. The van der Waals surface area contributed by atoms with Crippen molar-refractivity contribution in [2.45, 2.75) is 30.5 Å². The van der Waals surface area contributed by atoms with Gasteiger partial charge in [0.2, 0.25) is 0 Å². The lowest BCUT2D eigenvalue weighted by atomic mass is 10.2. The first-order chi connectivity index (χ1) is 7.21. The van der Waals surface area contributed by atoms with E-state index in [0.29, 0.717) is 0 Å². The van der Waals surface area contributed by atoms with Gasteiger partial charge in [-0.1, -0.05) is 23.8 Å². The highest BCUT2D eigenvalue weighted by atomic mass is 35.5. The van der Waals surface area contributed by atoms with Gasteiger partial charge in [-0.25, -0.2) is 8.42 Å². The Hall–Kier alpha value is -0.800. The maximum absolute atomic E-state index is 11.8. The monoisotopic (exact) mass is 258 g/mol. The fraction of sp³-hybridized carbons (Fsp3) is 0.333. The summed E-state index contributed by atoms with van der Waals surface area (Å²) >= 11 is 5.90. The molecule has 1 rings (SSSR count). The Balaban J connectivity index is 3.04. The van der Waals surface area contributed by atoms with Gasteiger partial charge in [-0.2, -0.15) is 0 Å². The normalized spacial score (nSPS) is 13.2. The third-order valence-corrected chi connectivity index (χ3v) is 3.54. The molecule has 0 aliphatic heterocycles. The van der Waals surface area contributed by atoms with Gasteiger partial charge in [0, 0.05) is 5.41 Å². The van der Waals surface area contributed by atoms with Crippen LogP contribution in [0.15, 0.2) is 40.6 Å². The molecule has 16 heavy (non-hydrogen) atoms. The van der Waals surface area contributed by atoms with Crippen LogP contribution in [0.1, 0.15) is 19.4 Å². The van der Waals surface area contributed by atoms with Crippen LogP contribution in [0.25, 0.3) is 0 Å². The van der Waals surface area contributed by atoms with Crippen LogP contribution in [0, 0.1) is 6.92 Å². The fourth-order valence-electron chi connectivity index (χ4n) is 1.06. The zero-order chi connectivity index (χ0) is 12.4. The van der Waals surface area contributed by atoms with E-state index in [1.807, 2.05) is 6.92 Å². The van der Waals surface area contributed by atoms with Crippen molar-refractivity contribution in [3.63, 3.8) is 0 Å². The van der Waals surface area contributed by atoms with E-state index in [9.17, 15) is 8.42 Å². The number of allylic oxidation sites excluding steroid dienone is 1. The number of alkyl halides is 1. The van der Waals surface area contributed by atoms with Gasteiger partial charge in [-0.15, -0.1) is 11.6 Å². The van der Waals surface area contributed by atoms with Gasteiger partial charge in [0.05, 0.1) is 9.77 Å². The Bertz CT molecular complexity index is 479. The van der Waals surface area contributed by atoms with Gasteiger partial charge in [-0.3, -0.25) is 0 Å². The molecule has 0 fully saturated rings. The molecule has 0 radical (unpaired) electrons. The van der Waals surface area contributed by atoms with Crippen LogP contribution in [0.4, 0.5) is 0 Å². The predicted molar refractivity (Wildman–Crippen MR) is 67.4 cm³/mol. The lowest BCUT2D eigenvalue weighted by Crippen LogP contribution is -2.06. The lowest BCUT2D eigenvalue weighted by molar-refractivity contribution is 0.604. The van der Waals surface area contributed by atoms with Crippen LogP contribution in [-0.4, -0.2) is 13.3 Å². The van der Waals surface area contributed by atoms with Crippen LogP contribution in [0.3, 0.4) is 0 Å². The van der Waals surface area contributed by atoms with Crippen molar-refractivity contribution in [2.75, 3.05) is 0 Å². The summed E-state index contributed by atoms with van der Waals surface area (Å²) in [6.45, 7) is 5.37. The summed E-state index contributed by atoms with van der Waals surface area (Å²) in [6, 6.07) is 6.73. The molecule has 1 aromatic rings. The highest BCUT2D eigenvalue weighted by molar-refractivity contribution is 7.94. The standard InChI is InChI=1S/C12H15ClO2S/c1-10-4-6-11(7-5-10)16(14,15)9-8-12(2,3)13/h4-9H,1-3H3/b9-8+. The SMILES string of the molecule is Cc1ccc(S(=O)(=O)/C=C/C(C)(C)Cl)cc1. The first kappa shape index (κ1) is 13.3. The lowest BCUT2D eigenvalue weighted by Gasteiger charge is -2.08. The molecule has 1 aromatic carbocycles. The zero-order valence-corrected chi connectivity index (χ0v) is 11.1. The Labute approximate surface area is 102 Å². The Morgan fingerprint density at radius 3 is 2.12 bits per heavy atom. The number of benzene rings is 1. The number of halogens is 1. The smallest absolute Gasteiger partial charge is 0.199 e. The van der Waals surface area contributed by atoms with Gasteiger partial charge in [0.25, 0.3) is 0 Å². The van der Waals surface area contributed by atoms with E-state index in [-0.39, 0.29) is 4.90 Å². The second kappa shape index (κ2) is 4.60. The molecule has 0 amide bonds. The molecule has 4 heteroatoms. The van der Waals surface area contributed by atoms with Crippen LogP contribution in [0.5, 0.6) is 0 Å². The molecule has 0 aliphatic rings. The predicted octanol–water partition coefficient (Wildman–Crippen LogP) is 3.30. The van der Waals surface area contributed by atoms with Gasteiger partial charge < -0.3 is 0 Å². The third kappa shape index (κ3) is 3.99. The van der Waals surface area contributed by atoms with Crippen molar-refractivity contribution in [1.29, 1.82) is 0 Å². The van der Waals surface area contributed by atoms with E-state index in [2.05, 4.69) is 0 Å². The van der Waals surface area contributed by atoms with Crippen LogP contribution in [-0.2, 0) is 9.84 Å². The fourth-order valence-corrected chi connectivity index (χ4v) is 2.39. The van der Waals surface area contributed by atoms with Gasteiger partial charge in [0.1, 0.15) is 0 Å². The highest BCUT2D eigenvalue weighted by Crippen LogP contribution is 2.18. The van der Waals surface area contributed by atoms with Crippen molar-refractivity contribution in [3.05, 3.63) is 41.3 Å². The number of hydrogen-bond donors (Lipinski definition) is 0. The zero-order valence-electron chi connectivity index (χ0n) is 9.57. The topological polar surface area (TPSA) is 34.1 Å². The molecule has 0 atom stereocenters. The van der Waals surface area contributed by atoms with Crippen LogP contribution in [0.2, 0.25) is 0 Å². The third-order valence-electron chi connectivity index (χ3n) is 1.99. The van der Waals surface area contributed by atoms with Crippen LogP contribution < -0.4 is 0 Å². The first-order valence-corrected chi connectivity index (χ1v) is 6.83. The van der Waals surface area contributed by atoms with E-state index < -0.39 is 14.7 Å². The molecule has 0 saturated heterocycles. The van der Waals surface area contributed by atoms with E-state index in [1.165, 1.54) is 6.08 Å². The molecule has 0 aliphatic carbocycles. The summed E-state index contributed by atoms with van der Waals surface area (Å²) in [5, 5.41) is 1.16. The van der Waals surface area contributed by atoms with Gasteiger partial charge in [0.15, 0.2) is 9.84 Å². The number of hydrogen-bond acceptors (Lipinski definition) is 2. The average molecular weight is 259 g/mol. The van der Waals surface area contributed by atoms with E-state index >= 15 is 0 Å². The molecule has 0 N–H and O–H groups in total. The van der Waals surface area contributed by atoms with E-state index in [4.69, 9.17) is 11.6 Å². The second-order valence-electron chi connectivity index (χ2n) is 4.23. The summed E-state index contributed by atoms with van der Waals surface area (Å²) in [4.78, 5) is -0.368. The molecule has 0 spiro atoms. The van der Waals surface area contributed by atoms with Crippen molar-refractivity contribution < 1.29 is 8.42 Å². The summed E-state index contributed by atoms with van der Waals surface area (Å²) in [5.74, 6) is 0. The number of aryl methyl sites for hydroxylation is 1. The molecule has 0 saturated carbocycles. The second-order valence-corrected chi connectivity index (χ2v) is 7.03. The summed E-state index contributed by atoms with van der Waals surface area (Å²) < 4.78 is 23.7. The first-order valence-electron chi connectivity index (χ1n) is 4.91. The minimum absolute atomic E-state index is 0.287. The Morgan fingerprint density at radius 1 is 1.19 bits per heavy atom. The van der Waals surface area contributed by atoms with Crippen molar-refractivity contribution in [3.8, 4) is 0 Å².